The molecule has 0 bridgehead atoms. The molecule has 4 heteroatoms. The van der Waals surface area contributed by atoms with Crippen molar-refractivity contribution in [2.24, 2.45) is 7.05 Å². The van der Waals surface area contributed by atoms with Crippen molar-refractivity contribution in [3.8, 4) is 0 Å². The van der Waals surface area contributed by atoms with Gasteiger partial charge in [-0.1, -0.05) is 46.3 Å². The highest BCUT2D eigenvalue weighted by atomic mass is 79.9. The topological polar surface area (TPSA) is 8.81 Å². The van der Waals surface area contributed by atoms with Crippen LogP contribution in [0.2, 0.25) is 13.1 Å². The van der Waals surface area contributed by atoms with E-state index in [0.29, 0.717) is 0 Å². The molecule has 0 saturated heterocycles. The second kappa shape index (κ2) is 4.78. The van der Waals surface area contributed by atoms with Gasteiger partial charge < -0.3 is 0 Å². The van der Waals surface area contributed by atoms with Crippen molar-refractivity contribution in [2.45, 2.75) is 19.3 Å². The minimum atomic E-state index is -1.40. The van der Waals surface area contributed by atoms with E-state index in [1.165, 1.54) is 5.19 Å². The molecule has 90 valence electrons. The van der Waals surface area contributed by atoms with Crippen molar-refractivity contribution in [1.29, 1.82) is 0 Å². The molecular formula is C13H18BrN2Si+. The van der Waals surface area contributed by atoms with Crippen LogP contribution in [0.5, 0.6) is 0 Å². The molecule has 2 nitrogen and oxygen atoms in total. The van der Waals surface area contributed by atoms with Crippen LogP contribution in [0.4, 0.5) is 0 Å². The molecular weight excluding hydrogens is 292 g/mol. The smallest absolute Gasteiger partial charge is 0.240 e. The van der Waals surface area contributed by atoms with Crippen molar-refractivity contribution in [1.82, 2.24) is 4.57 Å². The number of nitrogens with zero attached hydrogens (tertiary/aromatic N) is 2. The lowest BCUT2D eigenvalue weighted by Crippen LogP contribution is -2.45. The SMILES string of the molecule is C[n+]1ccn(C[Si](C)(C)c2ccc(Br)cc2)c1. The lowest BCUT2D eigenvalue weighted by molar-refractivity contribution is -0.671. The Morgan fingerprint density at radius 3 is 2.41 bits per heavy atom. The van der Waals surface area contributed by atoms with Crippen LogP contribution in [-0.2, 0) is 13.2 Å². The highest BCUT2D eigenvalue weighted by Crippen LogP contribution is 2.11. The van der Waals surface area contributed by atoms with Gasteiger partial charge in [0.05, 0.1) is 13.2 Å². The Hall–Kier alpha value is -0.873. The van der Waals surface area contributed by atoms with Gasteiger partial charge >= 0.3 is 0 Å². The number of benzene rings is 1. The Kier molecular flexibility index (Phi) is 3.54. The summed E-state index contributed by atoms with van der Waals surface area (Å²) in [6, 6.07) is 8.78. The molecule has 0 atom stereocenters. The quantitative estimate of drug-likeness (QED) is 0.607. The molecule has 1 heterocycles. The largest absolute Gasteiger partial charge is 0.243 e. The summed E-state index contributed by atoms with van der Waals surface area (Å²) in [5.41, 5.74) is 0. The lowest BCUT2D eigenvalue weighted by Gasteiger charge is -2.20. The second-order valence-electron chi connectivity index (χ2n) is 5.14. The predicted octanol–water partition coefficient (Wildman–Crippen LogP) is 2.23. The molecule has 1 aromatic heterocycles. The lowest BCUT2D eigenvalue weighted by atomic mass is 10.4. The van der Waals surface area contributed by atoms with E-state index in [4.69, 9.17) is 0 Å². The van der Waals surface area contributed by atoms with E-state index in [1.807, 2.05) is 0 Å². The van der Waals surface area contributed by atoms with Gasteiger partial charge in [0, 0.05) is 4.47 Å². The number of hydrogen-bond donors (Lipinski definition) is 0. The van der Waals surface area contributed by atoms with Gasteiger partial charge in [0.15, 0.2) is 0 Å². The first kappa shape index (κ1) is 12.6. The molecule has 0 spiro atoms. The van der Waals surface area contributed by atoms with Crippen molar-refractivity contribution in [2.75, 3.05) is 0 Å². The van der Waals surface area contributed by atoms with Gasteiger partial charge in [-0.15, -0.1) is 0 Å². The van der Waals surface area contributed by atoms with E-state index >= 15 is 0 Å². The minimum Gasteiger partial charge on any atom is -0.240 e. The van der Waals surface area contributed by atoms with Crippen LogP contribution in [0.1, 0.15) is 0 Å². The summed E-state index contributed by atoms with van der Waals surface area (Å²) < 4.78 is 5.53. The molecule has 0 unspecified atom stereocenters. The maximum Gasteiger partial charge on any atom is 0.243 e. The average molecular weight is 310 g/mol. The van der Waals surface area contributed by atoms with E-state index < -0.39 is 8.07 Å². The molecule has 0 aliphatic carbocycles. The summed E-state index contributed by atoms with van der Waals surface area (Å²) >= 11 is 3.49. The molecule has 0 aliphatic rings. The monoisotopic (exact) mass is 309 g/mol. The van der Waals surface area contributed by atoms with Crippen LogP contribution in [0.3, 0.4) is 0 Å². The van der Waals surface area contributed by atoms with Gasteiger partial charge in [-0.25, -0.2) is 9.13 Å². The van der Waals surface area contributed by atoms with Gasteiger partial charge in [0.2, 0.25) is 6.33 Å². The maximum atomic E-state index is 3.49. The van der Waals surface area contributed by atoms with Crippen LogP contribution in [0, 0.1) is 0 Å². The summed E-state index contributed by atoms with van der Waals surface area (Å²) in [4.78, 5) is 0. The van der Waals surface area contributed by atoms with E-state index in [0.717, 1.165) is 10.6 Å². The van der Waals surface area contributed by atoms with Crippen LogP contribution in [0.25, 0.3) is 0 Å². The van der Waals surface area contributed by atoms with Crippen LogP contribution < -0.4 is 9.75 Å². The van der Waals surface area contributed by atoms with Crippen molar-refractivity contribution < 1.29 is 4.57 Å². The van der Waals surface area contributed by atoms with E-state index in [1.54, 1.807) is 0 Å². The van der Waals surface area contributed by atoms with Gasteiger partial charge in [-0.05, 0) is 12.1 Å². The third-order valence-electron chi connectivity index (χ3n) is 3.03. The first-order valence-corrected chi connectivity index (χ1v) is 9.74. The standard InChI is InChI=1S/C13H18BrN2Si/c1-15-8-9-16(10-15)11-17(2,3)13-6-4-12(14)5-7-13/h4-10H,11H2,1-3H3/q+1. The number of imidazole rings is 1. The van der Waals surface area contributed by atoms with Crippen molar-refractivity contribution in [3.63, 3.8) is 0 Å². The Balaban J connectivity index is 2.21. The average Bonchev–Trinajstić information content (AvgIpc) is 2.63. The summed E-state index contributed by atoms with van der Waals surface area (Å²) in [5.74, 6) is 0. The van der Waals surface area contributed by atoms with Gasteiger partial charge in [0.25, 0.3) is 0 Å². The third-order valence-corrected chi connectivity index (χ3v) is 6.61. The summed E-state index contributed by atoms with van der Waals surface area (Å²) in [6.07, 6.45) is 7.50. The highest BCUT2D eigenvalue weighted by molar-refractivity contribution is 9.10. The van der Waals surface area contributed by atoms with E-state index in [9.17, 15) is 0 Å². The van der Waals surface area contributed by atoms with Gasteiger partial charge in [-0.2, -0.15) is 0 Å². The number of rotatable bonds is 3. The highest BCUT2D eigenvalue weighted by Gasteiger charge is 2.26. The zero-order valence-corrected chi connectivity index (χ0v) is 13.1. The normalized spacial score (nSPS) is 11.8. The first-order valence-electron chi connectivity index (χ1n) is 5.74. The molecule has 0 radical (unpaired) electrons. The number of aromatic nitrogens is 2. The number of hydrogen-bond acceptors (Lipinski definition) is 0. The first-order chi connectivity index (χ1) is 7.97. The molecule has 0 saturated carbocycles. The Labute approximate surface area is 112 Å². The Morgan fingerprint density at radius 2 is 1.88 bits per heavy atom. The van der Waals surface area contributed by atoms with Crippen LogP contribution in [0.15, 0.2) is 47.5 Å². The molecule has 17 heavy (non-hydrogen) atoms. The second-order valence-corrected chi connectivity index (χ2v) is 10.7. The molecule has 0 aliphatic heterocycles. The molecule has 1 aromatic carbocycles. The summed E-state index contributed by atoms with van der Waals surface area (Å²) in [5, 5.41) is 1.50. The van der Waals surface area contributed by atoms with E-state index in [-0.39, 0.29) is 0 Å². The summed E-state index contributed by atoms with van der Waals surface area (Å²) in [6.45, 7) is 4.83. The maximum absolute atomic E-state index is 3.49. The summed E-state index contributed by atoms with van der Waals surface area (Å²) in [7, 11) is 0.659. The zero-order valence-electron chi connectivity index (χ0n) is 10.5. The molecule has 0 amide bonds. The predicted molar refractivity (Wildman–Crippen MR) is 76.9 cm³/mol. The van der Waals surface area contributed by atoms with Gasteiger partial charge in [-0.3, -0.25) is 0 Å². The van der Waals surface area contributed by atoms with Crippen molar-refractivity contribution in [3.05, 3.63) is 47.5 Å². The zero-order chi connectivity index (χ0) is 12.5. The Morgan fingerprint density at radius 1 is 1.24 bits per heavy atom. The minimum absolute atomic E-state index is 1.12. The number of aryl methyl sites for hydroxylation is 1. The fourth-order valence-electron chi connectivity index (χ4n) is 2.04. The molecule has 0 fully saturated rings. The molecule has 2 aromatic rings. The van der Waals surface area contributed by atoms with E-state index in [2.05, 4.69) is 88.2 Å². The van der Waals surface area contributed by atoms with Gasteiger partial charge in [0.1, 0.15) is 20.5 Å². The third kappa shape index (κ3) is 3.07. The fraction of sp³-hybridized carbons (Fsp3) is 0.308. The fourth-order valence-corrected chi connectivity index (χ4v) is 4.66. The van der Waals surface area contributed by atoms with Crippen molar-refractivity contribution >= 4 is 29.2 Å². The Bertz CT molecular complexity index is 502. The van der Waals surface area contributed by atoms with Crippen LogP contribution in [-0.4, -0.2) is 12.6 Å². The number of halogens is 1. The molecule has 2 rings (SSSR count). The molecule has 0 N–H and O–H groups in total. The van der Waals surface area contributed by atoms with Crippen LogP contribution >= 0.6 is 15.9 Å².